The molecule has 0 saturated heterocycles. The number of rotatable bonds is 6. The molecule has 4 heteroatoms. The third kappa shape index (κ3) is 3.90. The molecule has 0 aliphatic rings. The first kappa shape index (κ1) is 18.8. The van der Waals surface area contributed by atoms with Crippen LogP contribution in [0.25, 0.3) is 28.2 Å². The molecule has 27 heavy (non-hydrogen) atoms. The number of hydrogen-bond acceptors (Lipinski definition) is 3. The SMILES string of the molecule is C=C(CCC)c1nc(-c2ccccc2)nc(-c2ccc(OC)c(F)c2)c1C. The zero-order valence-corrected chi connectivity index (χ0v) is 15.9. The molecule has 3 aromatic rings. The van der Waals surface area contributed by atoms with Crippen molar-refractivity contribution in [3.8, 4) is 28.4 Å². The van der Waals surface area contributed by atoms with Gasteiger partial charge in [-0.1, -0.05) is 50.3 Å². The minimum Gasteiger partial charge on any atom is -0.494 e. The maximum Gasteiger partial charge on any atom is 0.165 e. The van der Waals surface area contributed by atoms with Gasteiger partial charge in [-0.2, -0.15) is 0 Å². The number of allylic oxidation sites excluding steroid dienone is 1. The third-order valence-electron chi connectivity index (χ3n) is 4.49. The second kappa shape index (κ2) is 8.12. The maximum atomic E-state index is 14.3. The molecule has 3 rings (SSSR count). The van der Waals surface area contributed by atoms with E-state index in [0.29, 0.717) is 17.1 Å². The fourth-order valence-electron chi connectivity index (χ4n) is 3.09. The van der Waals surface area contributed by atoms with Gasteiger partial charge in [-0.3, -0.25) is 0 Å². The van der Waals surface area contributed by atoms with E-state index in [0.717, 1.165) is 35.2 Å². The average molecular weight is 362 g/mol. The van der Waals surface area contributed by atoms with Crippen LogP contribution >= 0.6 is 0 Å². The summed E-state index contributed by atoms with van der Waals surface area (Å²) in [5.41, 5.74) is 5.01. The van der Waals surface area contributed by atoms with Crippen molar-refractivity contribution in [1.29, 1.82) is 0 Å². The Labute approximate surface area is 159 Å². The van der Waals surface area contributed by atoms with E-state index in [1.807, 2.05) is 43.3 Å². The third-order valence-corrected chi connectivity index (χ3v) is 4.49. The molecule has 0 fully saturated rings. The lowest BCUT2D eigenvalue weighted by Gasteiger charge is -2.15. The Morgan fingerprint density at radius 3 is 2.44 bits per heavy atom. The fraction of sp³-hybridized carbons (Fsp3) is 0.217. The van der Waals surface area contributed by atoms with Gasteiger partial charge in [0.1, 0.15) is 0 Å². The van der Waals surface area contributed by atoms with E-state index in [1.54, 1.807) is 6.07 Å². The maximum absolute atomic E-state index is 14.3. The monoisotopic (exact) mass is 362 g/mol. The molecule has 0 spiro atoms. The van der Waals surface area contributed by atoms with E-state index in [2.05, 4.69) is 13.5 Å². The summed E-state index contributed by atoms with van der Waals surface area (Å²) in [7, 11) is 1.45. The van der Waals surface area contributed by atoms with Crippen LogP contribution in [0.2, 0.25) is 0 Å². The summed E-state index contributed by atoms with van der Waals surface area (Å²) in [6, 6.07) is 14.7. The average Bonchev–Trinajstić information content (AvgIpc) is 2.69. The zero-order valence-electron chi connectivity index (χ0n) is 15.9. The molecule has 0 amide bonds. The number of nitrogens with zero attached hydrogens (tertiary/aromatic N) is 2. The van der Waals surface area contributed by atoms with Gasteiger partial charge in [-0.05, 0) is 37.1 Å². The zero-order chi connectivity index (χ0) is 19.4. The number of hydrogen-bond donors (Lipinski definition) is 0. The van der Waals surface area contributed by atoms with Crippen LogP contribution in [-0.4, -0.2) is 17.1 Å². The van der Waals surface area contributed by atoms with Crippen molar-refractivity contribution < 1.29 is 9.13 Å². The second-order valence-corrected chi connectivity index (χ2v) is 6.44. The first-order valence-electron chi connectivity index (χ1n) is 9.01. The van der Waals surface area contributed by atoms with E-state index in [-0.39, 0.29) is 5.75 Å². The summed E-state index contributed by atoms with van der Waals surface area (Å²) in [6.45, 7) is 8.28. The number of ether oxygens (including phenoxy) is 1. The van der Waals surface area contributed by atoms with Crippen molar-refractivity contribution in [3.05, 3.63) is 72.2 Å². The predicted molar refractivity (Wildman–Crippen MR) is 108 cm³/mol. The van der Waals surface area contributed by atoms with Crippen LogP contribution in [0.3, 0.4) is 0 Å². The van der Waals surface area contributed by atoms with Crippen molar-refractivity contribution in [2.24, 2.45) is 0 Å². The van der Waals surface area contributed by atoms with Crippen molar-refractivity contribution in [2.45, 2.75) is 26.7 Å². The first-order valence-corrected chi connectivity index (χ1v) is 9.01. The van der Waals surface area contributed by atoms with Gasteiger partial charge < -0.3 is 4.74 Å². The van der Waals surface area contributed by atoms with Crippen LogP contribution < -0.4 is 4.74 Å². The highest BCUT2D eigenvalue weighted by Gasteiger charge is 2.17. The van der Waals surface area contributed by atoms with E-state index >= 15 is 0 Å². The lowest BCUT2D eigenvalue weighted by atomic mass is 9.99. The molecular formula is C23H23FN2O. The first-order chi connectivity index (χ1) is 13.0. The molecule has 0 radical (unpaired) electrons. The van der Waals surface area contributed by atoms with E-state index in [1.165, 1.54) is 13.2 Å². The molecular weight excluding hydrogens is 339 g/mol. The predicted octanol–water partition coefficient (Wildman–Crippen LogP) is 6.08. The van der Waals surface area contributed by atoms with Crippen LogP contribution in [-0.2, 0) is 0 Å². The normalized spacial score (nSPS) is 10.7. The van der Waals surface area contributed by atoms with Gasteiger partial charge in [0.05, 0.1) is 18.5 Å². The molecule has 3 nitrogen and oxygen atoms in total. The minimum absolute atomic E-state index is 0.212. The quantitative estimate of drug-likeness (QED) is 0.533. The smallest absolute Gasteiger partial charge is 0.165 e. The molecule has 2 aromatic carbocycles. The van der Waals surface area contributed by atoms with Crippen LogP contribution in [0.5, 0.6) is 5.75 Å². The van der Waals surface area contributed by atoms with Gasteiger partial charge >= 0.3 is 0 Å². The van der Waals surface area contributed by atoms with Gasteiger partial charge in [-0.25, -0.2) is 14.4 Å². The lowest BCUT2D eigenvalue weighted by Crippen LogP contribution is -2.03. The minimum atomic E-state index is -0.414. The molecule has 0 bridgehead atoms. The molecule has 0 atom stereocenters. The molecule has 1 aromatic heterocycles. The van der Waals surface area contributed by atoms with Crippen LogP contribution in [0, 0.1) is 12.7 Å². The van der Waals surface area contributed by atoms with E-state index < -0.39 is 5.82 Å². The van der Waals surface area contributed by atoms with Crippen LogP contribution in [0.4, 0.5) is 4.39 Å². The van der Waals surface area contributed by atoms with Gasteiger partial charge in [0.25, 0.3) is 0 Å². The standard InChI is InChI=1S/C23H23FN2O/c1-5-9-15(2)21-16(3)22(18-12-13-20(27-4)19(24)14-18)26-23(25-21)17-10-7-6-8-11-17/h6-8,10-14H,2,5,9H2,1,3-4H3. The molecule has 0 aliphatic heterocycles. The molecule has 0 unspecified atom stereocenters. The van der Waals surface area contributed by atoms with E-state index in [9.17, 15) is 4.39 Å². The Morgan fingerprint density at radius 2 is 1.81 bits per heavy atom. The summed E-state index contributed by atoms with van der Waals surface area (Å²) in [5.74, 6) is 0.409. The number of methoxy groups -OCH3 is 1. The molecule has 0 saturated carbocycles. The Bertz CT molecular complexity index is 968. The Hall–Kier alpha value is -3.01. The van der Waals surface area contributed by atoms with Crippen molar-refractivity contribution in [1.82, 2.24) is 9.97 Å². The summed E-state index contributed by atoms with van der Waals surface area (Å²) in [4.78, 5) is 9.53. The highest BCUT2D eigenvalue weighted by molar-refractivity contribution is 5.75. The molecule has 0 aliphatic carbocycles. The topological polar surface area (TPSA) is 35.0 Å². The van der Waals surface area contributed by atoms with Crippen molar-refractivity contribution >= 4 is 5.57 Å². The second-order valence-electron chi connectivity index (χ2n) is 6.44. The largest absolute Gasteiger partial charge is 0.494 e. The van der Waals surface area contributed by atoms with Gasteiger partial charge in [0.2, 0.25) is 0 Å². The molecule has 1 heterocycles. The number of aromatic nitrogens is 2. The van der Waals surface area contributed by atoms with Gasteiger partial charge in [0.15, 0.2) is 17.4 Å². The fourth-order valence-corrected chi connectivity index (χ4v) is 3.09. The Balaban J connectivity index is 2.21. The van der Waals surface area contributed by atoms with Crippen LogP contribution in [0.1, 0.15) is 31.0 Å². The Kier molecular flexibility index (Phi) is 5.65. The van der Waals surface area contributed by atoms with Crippen molar-refractivity contribution in [3.63, 3.8) is 0 Å². The molecule has 0 N–H and O–H groups in total. The van der Waals surface area contributed by atoms with E-state index in [4.69, 9.17) is 14.7 Å². The van der Waals surface area contributed by atoms with Crippen molar-refractivity contribution in [2.75, 3.05) is 7.11 Å². The Morgan fingerprint density at radius 1 is 1.07 bits per heavy atom. The highest BCUT2D eigenvalue weighted by atomic mass is 19.1. The van der Waals surface area contributed by atoms with Gasteiger partial charge in [-0.15, -0.1) is 0 Å². The summed E-state index contributed by atoms with van der Waals surface area (Å²) in [6.07, 6.45) is 1.83. The number of benzene rings is 2. The highest BCUT2D eigenvalue weighted by Crippen LogP contribution is 2.32. The lowest BCUT2D eigenvalue weighted by molar-refractivity contribution is 0.386. The number of halogens is 1. The summed E-state index contributed by atoms with van der Waals surface area (Å²) in [5, 5.41) is 0. The summed E-state index contributed by atoms with van der Waals surface area (Å²) < 4.78 is 19.3. The van der Waals surface area contributed by atoms with Gasteiger partial charge in [0, 0.05) is 16.7 Å². The summed E-state index contributed by atoms with van der Waals surface area (Å²) >= 11 is 0. The molecule has 138 valence electrons. The van der Waals surface area contributed by atoms with Crippen LogP contribution in [0.15, 0.2) is 55.1 Å².